The van der Waals surface area contributed by atoms with E-state index in [9.17, 15) is 14.9 Å². The summed E-state index contributed by atoms with van der Waals surface area (Å²) in [5, 5.41) is 14.1. The maximum absolute atomic E-state index is 12.5. The first-order chi connectivity index (χ1) is 17.4. The molecule has 184 valence electrons. The van der Waals surface area contributed by atoms with Crippen molar-refractivity contribution in [1.29, 1.82) is 0 Å². The van der Waals surface area contributed by atoms with Gasteiger partial charge in [-0.15, -0.1) is 0 Å². The molecule has 3 aromatic carbocycles. The Morgan fingerprint density at radius 2 is 1.81 bits per heavy atom. The van der Waals surface area contributed by atoms with Gasteiger partial charge >= 0.3 is 0 Å². The van der Waals surface area contributed by atoms with Gasteiger partial charge in [-0.1, -0.05) is 0 Å². The van der Waals surface area contributed by atoms with Gasteiger partial charge in [0.15, 0.2) is 16.7 Å². The quantitative estimate of drug-likeness (QED) is 0.206. The van der Waals surface area contributed by atoms with Crippen LogP contribution in [0, 0.1) is 10.1 Å². The molecule has 0 spiro atoms. The van der Waals surface area contributed by atoms with Crippen LogP contribution in [0.25, 0.3) is 6.08 Å². The molecule has 1 heterocycles. The fraction of sp³-hybridized carbons (Fsp3) is 0.120. The number of hydrogen-bond donors (Lipinski definition) is 1. The molecule has 1 amide bonds. The van der Waals surface area contributed by atoms with Crippen LogP contribution in [-0.2, 0) is 11.4 Å². The molecule has 1 saturated heterocycles. The van der Waals surface area contributed by atoms with Crippen LogP contribution >= 0.6 is 27.7 Å². The van der Waals surface area contributed by atoms with E-state index in [0.29, 0.717) is 31.7 Å². The second-order valence-corrected chi connectivity index (χ2v) is 9.31. The van der Waals surface area contributed by atoms with E-state index in [1.807, 2.05) is 6.07 Å². The van der Waals surface area contributed by atoms with Crippen molar-refractivity contribution in [1.82, 2.24) is 5.32 Å². The van der Waals surface area contributed by atoms with E-state index >= 15 is 0 Å². The largest absolute Gasteiger partial charge is 0.497 e. The van der Waals surface area contributed by atoms with Gasteiger partial charge in [-0.2, -0.15) is 0 Å². The van der Waals surface area contributed by atoms with Crippen LogP contribution in [0.5, 0.6) is 17.2 Å². The van der Waals surface area contributed by atoms with Crippen LogP contribution in [-0.4, -0.2) is 30.2 Å². The number of methoxy groups -OCH3 is 2. The number of thioether (sulfide) groups is 1. The van der Waals surface area contributed by atoms with Gasteiger partial charge in [0.25, 0.3) is 11.6 Å². The molecule has 11 heteroatoms. The van der Waals surface area contributed by atoms with Gasteiger partial charge in [0.05, 0.1) is 34.2 Å². The molecule has 9 nitrogen and oxygen atoms in total. The second-order valence-electron chi connectivity index (χ2n) is 7.43. The summed E-state index contributed by atoms with van der Waals surface area (Å²) in [6.07, 6.45) is 1.74. The first kappa shape index (κ1) is 25.3. The number of nitrogens with one attached hydrogen (secondary N) is 1. The highest BCUT2D eigenvalue weighted by Crippen LogP contribution is 2.39. The van der Waals surface area contributed by atoms with Crippen molar-refractivity contribution in [2.75, 3.05) is 14.2 Å². The van der Waals surface area contributed by atoms with Gasteiger partial charge in [0.2, 0.25) is 0 Å². The van der Waals surface area contributed by atoms with Crippen LogP contribution in [0.3, 0.4) is 0 Å². The Morgan fingerprint density at radius 3 is 2.44 bits per heavy atom. The van der Waals surface area contributed by atoms with E-state index in [2.05, 4.69) is 26.2 Å². The number of aliphatic imine (C=N–C) groups is 1. The summed E-state index contributed by atoms with van der Waals surface area (Å²) in [5.41, 5.74) is 2.20. The summed E-state index contributed by atoms with van der Waals surface area (Å²) in [5.74, 6) is 1.42. The summed E-state index contributed by atoms with van der Waals surface area (Å²) in [6, 6.07) is 16.9. The summed E-state index contributed by atoms with van der Waals surface area (Å²) < 4.78 is 17.2. The number of nitro benzene ring substituents is 1. The Labute approximate surface area is 219 Å². The lowest BCUT2D eigenvalue weighted by Gasteiger charge is -2.14. The number of hydrogen-bond acceptors (Lipinski definition) is 8. The summed E-state index contributed by atoms with van der Waals surface area (Å²) in [4.78, 5) is 27.8. The minimum absolute atomic E-state index is 0.0147. The smallest absolute Gasteiger partial charge is 0.269 e. The molecule has 1 fully saturated rings. The van der Waals surface area contributed by atoms with Crippen molar-refractivity contribution in [3.05, 3.63) is 91.3 Å². The van der Waals surface area contributed by atoms with Crippen molar-refractivity contribution in [2.24, 2.45) is 4.99 Å². The van der Waals surface area contributed by atoms with E-state index < -0.39 is 4.92 Å². The number of amides is 1. The topological polar surface area (TPSA) is 112 Å². The average Bonchev–Trinajstić information content (AvgIpc) is 3.21. The molecule has 0 radical (unpaired) electrons. The van der Waals surface area contributed by atoms with E-state index in [1.54, 1.807) is 55.7 Å². The zero-order valence-electron chi connectivity index (χ0n) is 19.2. The van der Waals surface area contributed by atoms with Gasteiger partial charge in [-0.3, -0.25) is 14.9 Å². The van der Waals surface area contributed by atoms with Crippen LogP contribution in [0.1, 0.15) is 11.1 Å². The van der Waals surface area contributed by atoms with Crippen molar-refractivity contribution in [3.8, 4) is 17.2 Å². The Morgan fingerprint density at radius 1 is 1.08 bits per heavy atom. The minimum Gasteiger partial charge on any atom is -0.497 e. The number of ether oxygens (including phenoxy) is 3. The lowest BCUT2D eigenvalue weighted by molar-refractivity contribution is -0.384. The highest BCUT2D eigenvalue weighted by atomic mass is 79.9. The Kier molecular flexibility index (Phi) is 7.91. The molecule has 0 unspecified atom stereocenters. The lowest BCUT2D eigenvalue weighted by Crippen LogP contribution is -2.19. The van der Waals surface area contributed by atoms with E-state index in [-0.39, 0.29) is 18.2 Å². The number of carbonyl (C=O) groups excluding carboxylic acids is 1. The molecule has 36 heavy (non-hydrogen) atoms. The molecule has 0 bridgehead atoms. The predicted octanol–water partition coefficient (Wildman–Crippen LogP) is 5.85. The average molecular weight is 570 g/mol. The number of non-ortho nitro benzene ring substituents is 1. The summed E-state index contributed by atoms with van der Waals surface area (Å²) in [7, 11) is 3.12. The second kappa shape index (κ2) is 11.3. The van der Waals surface area contributed by atoms with Crippen molar-refractivity contribution in [3.63, 3.8) is 0 Å². The molecule has 1 aliphatic heterocycles. The fourth-order valence-electron chi connectivity index (χ4n) is 3.24. The third-order valence-electron chi connectivity index (χ3n) is 5.03. The van der Waals surface area contributed by atoms with Gasteiger partial charge < -0.3 is 19.5 Å². The molecular weight excluding hydrogens is 550 g/mol. The van der Waals surface area contributed by atoms with Gasteiger partial charge in [-0.25, -0.2) is 4.99 Å². The summed E-state index contributed by atoms with van der Waals surface area (Å²) in [6.45, 7) is 0.191. The standard InChI is InChI=1S/C25H20BrN3O6S/c1-33-19-9-5-17(6-10-19)27-25-28-24(30)22(36-25)13-16-11-20(26)23(21(12-16)34-2)35-14-15-3-7-18(8-4-15)29(31)32/h3-13H,14H2,1-2H3,(H,27,28,30)/b22-13-. The van der Waals surface area contributed by atoms with Crippen molar-refractivity contribution in [2.45, 2.75) is 6.61 Å². The monoisotopic (exact) mass is 569 g/mol. The third kappa shape index (κ3) is 6.04. The zero-order valence-corrected chi connectivity index (χ0v) is 21.6. The Balaban J connectivity index is 1.49. The number of halogens is 1. The number of benzene rings is 3. The first-order valence-corrected chi connectivity index (χ1v) is 12.1. The molecule has 0 aliphatic carbocycles. The zero-order chi connectivity index (χ0) is 25.7. The highest BCUT2D eigenvalue weighted by molar-refractivity contribution is 9.10. The van der Waals surface area contributed by atoms with Crippen LogP contribution in [0.2, 0.25) is 0 Å². The minimum atomic E-state index is -0.450. The Bertz CT molecular complexity index is 1360. The normalized spacial score (nSPS) is 15.1. The number of amidine groups is 1. The van der Waals surface area contributed by atoms with Gasteiger partial charge in [0.1, 0.15) is 12.4 Å². The molecule has 0 aromatic heterocycles. The SMILES string of the molecule is COc1ccc(N=C2NC(=O)/C(=C/c3cc(Br)c(OCc4ccc([N+](=O)[O-])cc4)c(OC)c3)S2)cc1. The molecule has 3 aromatic rings. The lowest BCUT2D eigenvalue weighted by atomic mass is 10.1. The number of carbonyl (C=O) groups is 1. The van der Waals surface area contributed by atoms with Crippen LogP contribution in [0.4, 0.5) is 11.4 Å². The Hall–Kier alpha value is -3.83. The van der Waals surface area contributed by atoms with E-state index in [0.717, 1.165) is 16.9 Å². The maximum Gasteiger partial charge on any atom is 0.269 e. The van der Waals surface area contributed by atoms with Crippen molar-refractivity contribution < 1.29 is 23.9 Å². The number of nitrogens with zero attached hydrogens (tertiary/aromatic N) is 2. The van der Waals surface area contributed by atoms with Crippen LogP contribution < -0.4 is 19.5 Å². The molecular formula is C25H20BrN3O6S. The predicted molar refractivity (Wildman–Crippen MR) is 142 cm³/mol. The van der Waals surface area contributed by atoms with E-state index in [1.165, 1.54) is 31.0 Å². The third-order valence-corrected chi connectivity index (χ3v) is 6.53. The fourth-order valence-corrected chi connectivity index (χ4v) is 4.65. The molecule has 0 saturated carbocycles. The molecule has 0 atom stereocenters. The number of nitro groups is 1. The highest BCUT2D eigenvalue weighted by Gasteiger charge is 2.24. The van der Waals surface area contributed by atoms with Gasteiger partial charge in [-0.05, 0) is 93.4 Å². The van der Waals surface area contributed by atoms with E-state index in [4.69, 9.17) is 14.2 Å². The molecule has 1 N–H and O–H groups in total. The van der Waals surface area contributed by atoms with Crippen molar-refractivity contribution >= 4 is 56.2 Å². The van der Waals surface area contributed by atoms with Gasteiger partial charge in [0, 0.05) is 12.1 Å². The molecule has 4 rings (SSSR count). The van der Waals surface area contributed by atoms with Crippen LogP contribution in [0.15, 0.2) is 75.0 Å². The number of rotatable bonds is 8. The summed E-state index contributed by atoms with van der Waals surface area (Å²) >= 11 is 4.75. The first-order valence-electron chi connectivity index (χ1n) is 10.5. The maximum atomic E-state index is 12.5. The molecule has 1 aliphatic rings.